The van der Waals surface area contributed by atoms with Crippen molar-refractivity contribution in [2.24, 2.45) is 0 Å². The van der Waals surface area contributed by atoms with Crippen molar-refractivity contribution in [3.63, 3.8) is 0 Å². The minimum Gasteiger partial charge on any atom is -0.307 e. The highest BCUT2D eigenvalue weighted by Gasteiger charge is 2.33. The Morgan fingerprint density at radius 1 is 0.359 bits per heavy atom. The lowest BCUT2D eigenvalue weighted by molar-refractivity contribution is 1.12. The minimum atomic E-state index is 0.574. The van der Waals surface area contributed by atoms with Crippen LogP contribution in [0, 0.1) is 11.3 Å². The fraction of sp³-hybridized carbons (Fsp3) is 0. The topological polar surface area (TPSA) is 59.4 Å². The van der Waals surface area contributed by atoms with Gasteiger partial charge in [0.15, 0.2) is 0 Å². The normalized spacial score (nSPS) is 12.0. The molecule has 0 saturated heterocycles. The smallest absolute Gasteiger partial charge is 0.104 e. The summed E-state index contributed by atoms with van der Waals surface area (Å²) in [5.74, 6) is 0. The molecule has 10 aromatic carbocycles. The average molecular weight is 812 g/mol. The van der Waals surface area contributed by atoms with Crippen LogP contribution in [0.15, 0.2) is 201 Å². The first-order valence-corrected chi connectivity index (χ1v) is 21.6. The molecule has 14 aromatic rings. The maximum Gasteiger partial charge on any atom is 0.104 e. The molecule has 0 radical (unpaired) electrons. The van der Waals surface area contributed by atoms with Gasteiger partial charge in [-0.2, -0.15) is 5.26 Å². The summed E-state index contributed by atoms with van der Waals surface area (Å²) >= 11 is 0. The number of nitriles is 1. The van der Waals surface area contributed by atoms with E-state index in [9.17, 15) is 5.26 Å². The van der Waals surface area contributed by atoms with Gasteiger partial charge in [0, 0.05) is 67.6 Å². The van der Waals surface area contributed by atoms with Crippen LogP contribution in [0.5, 0.6) is 0 Å². The molecule has 14 rings (SSSR count). The Morgan fingerprint density at radius 2 is 0.797 bits per heavy atom. The summed E-state index contributed by atoms with van der Waals surface area (Å²) in [4.78, 5) is 9.70. The number of nitrogens with zero attached hydrogens (tertiary/aromatic N) is 5. The molecule has 64 heavy (non-hydrogen) atoms. The number of rotatable bonds is 5. The first kappa shape index (κ1) is 34.8. The molecule has 0 spiro atoms. The summed E-state index contributed by atoms with van der Waals surface area (Å²) in [6, 6.07) is 67.6. The number of benzene rings is 10. The van der Waals surface area contributed by atoms with Gasteiger partial charge in [0.25, 0.3) is 0 Å². The maximum atomic E-state index is 12.3. The van der Waals surface area contributed by atoms with Gasteiger partial charge in [-0.3, -0.25) is 9.97 Å². The number of hydrogen-bond donors (Lipinski definition) is 0. The summed E-state index contributed by atoms with van der Waals surface area (Å²) in [7, 11) is 0. The van der Waals surface area contributed by atoms with Crippen molar-refractivity contribution in [2.75, 3.05) is 0 Å². The highest BCUT2D eigenvalue weighted by molar-refractivity contribution is 6.35. The van der Waals surface area contributed by atoms with Crippen LogP contribution >= 0.6 is 0 Å². The molecule has 5 heteroatoms. The summed E-state index contributed by atoms with van der Waals surface area (Å²) in [5, 5.41) is 24.9. The molecule has 4 aromatic heterocycles. The first-order chi connectivity index (χ1) is 31.8. The minimum absolute atomic E-state index is 0.574. The Hall–Kier alpha value is -8.85. The van der Waals surface area contributed by atoms with Crippen LogP contribution in [0.25, 0.3) is 132 Å². The van der Waals surface area contributed by atoms with E-state index >= 15 is 0 Å². The zero-order chi connectivity index (χ0) is 42.0. The Labute approximate surface area is 366 Å². The number of hydrogen-bond acceptors (Lipinski definition) is 3. The van der Waals surface area contributed by atoms with Crippen LogP contribution in [0.4, 0.5) is 0 Å². The van der Waals surface area contributed by atoms with Gasteiger partial charge in [-0.25, -0.2) is 0 Å². The van der Waals surface area contributed by atoms with E-state index in [0.29, 0.717) is 5.56 Å². The second-order valence-corrected chi connectivity index (χ2v) is 16.7. The molecule has 0 aliphatic carbocycles. The van der Waals surface area contributed by atoms with Crippen molar-refractivity contribution < 1.29 is 0 Å². The molecule has 0 saturated carbocycles. The molecule has 5 nitrogen and oxygen atoms in total. The third-order valence-electron chi connectivity index (χ3n) is 13.6. The largest absolute Gasteiger partial charge is 0.307 e. The second-order valence-electron chi connectivity index (χ2n) is 16.7. The first-order valence-electron chi connectivity index (χ1n) is 21.6. The molecule has 0 aliphatic heterocycles. The van der Waals surface area contributed by atoms with Gasteiger partial charge in [0.2, 0.25) is 0 Å². The number of aromatic nitrogens is 4. The van der Waals surface area contributed by atoms with Gasteiger partial charge in [-0.05, 0) is 74.0 Å². The molecular weight excluding hydrogens is 779 g/mol. The quantitative estimate of drug-likeness (QED) is 0.163. The molecule has 0 N–H and O–H groups in total. The summed E-state index contributed by atoms with van der Waals surface area (Å²) in [6.45, 7) is 0. The van der Waals surface area contributed by atoms with Crippen molar-refractivity contribution in [1.29, 1.82) is 5.26 Å². The molecule has 0 unspecified atom stereocenters. The van der Waals surface area contributed by atoms with E-state index in [4.69, 9.17) is 4.98 Å². The van der Waals surface area contributed by atoms with Gasteiger partial charge >= 0.3 is 0 Å². The van der Waals surface area contributed by atoms with Gasteiger partial charge in [-0.15, -0.1) is 0 Å². The highest BCUT2D eigenvalue weighted by atomic mass is 15.0. The van der Waals surface area contributed by atoms with Gasteiger partial charge < -0.3 is 9.13 Å². The molecule has 0 amide bonds. The lowest BCUT2D eigenvalue weighted by Crippen LogP contribution is -2.11. The zero-order valence-corrected chi connectivity index (χ0v) is 34.3. The fourth-order valence-electron chi connectivity index (χ4n) is 11.2. The predicted octanol–water partition coefficient (Wildman–Crippen LogP) is 15.0. The average Bonchev–Trinajstić information content (AvgIpc) is 3.89. The molecule has 0 aliphatic rings. The number of fused-ring (bicyclic) bond motifs is 6. The van der Waals surface area contributed by atoms with Gasteiger partial charge in [0.1, 0.15) is 11.6 Å². The molecule has 0 fully saturated rings. The van der Waals surface area contributed by atoms with E-state index in [0.717, 1.165) is 126 Å². The van der Waals surface area contributed by atoms with Crippen LogP contribution < -0.4 is 0 Å². The van der Waals surface area contributed by atoms with Crippen LogP contribution in [0.2, 0.25) is 0 Å². The van der Waals surface area contributed by atoms with Crippen molar-refractivity contribution in [1.82, 2.24) is 19.1 Å². The fourth-order valence-corrected chi connectivity index (χ4v) is 11.2. The van der Waals surface area contributed by atoms with E-state index in [1.807, 2.05) is 18.6 Å². The van der Waals surface area contributed by atoms with Crippen molar-refractivity contribution >= 4 is 86.8 Å². The van der Waals surface area contributed by atoms with Crippen LogP contribution in [0.1, 0.15) is 5.56 Å². The van der Waals surface area contributed by atoms with Crippen molar-refractivity contribution in [2.45, 2.75) is 0 Å². The van der Waals surface area contributed by atoms with E-state index < -0.39 is 0 Å². The van der Waals surface area contributed by atoms with E-state index in [2.05, 4.69) is 202 Å². The second kappa shape index (κ2) is 13.1. The Balaban J connectivity index is 1.30. The molecule has 4 heterocycles. The predicted molar refractivity (Wildman–Crippen MR) is 264 cm³/mol. The Morgan fingerprint density at radius 3 is 1.34 bits per heavy atom. The maximum absolute atomic E-state index is 12.3. The zero-order valence-electron chi connectivity index (χ0n) is 34.3. The molecule has 0 bridgehead atoms. The SMILES string of the molecule is N#Cc1c(-n2c3cccc4c5ccncc5c5cccc2c5c43)c(-c2ccccc2)c(-c2ccccc2)c(-c2ccccc2)c1-n1c2cccc3c4ccccc4c4nccc1c4c32. The molecular formula is C59H33N5. The van der Waals surface area contributed by atoms with Gasteiger partial charge in [0.05, 0.1) is 39.0 Å². The van der Waals surface area contributed by atoms with Crippen LogP contribution in [-0.4, -0.2) is 19.1 Å². The summed E-state index contributed by atoms with van der Waals surface area (Å²) in [5.41, 5.74) is 13.4. The third kappa shape index (κ3) is 4.50. The number of pyridine rings is 2. The Kier molecular flexibility index (Phi) is 7.12. The van der Waals surface area contributed by atoms with E-state index in [1.54, 1.807) is 0 Å². The highest BCUT2D eigenvalue weighted by Crippen LogP contribution is 2.54. The lowest BCUT2D eigenvalue weighted by atomic mass is 9.82. The van der Waals surface area contributed by atoms with Gasteiger partial charge in [-0.1, -0.05) is 152 Å². The Bertz CT molecular complexity index is 3810. The van der Waals surface area contributed by atoms with E-state index in [1.165, 1.54) is 5.39 Å². The summed E-state index contributed by atoms with van der Waals surface area (Å²) < 4.78 is 4.77. The van der Waals surface area contributed by atoms with Crippen LogP contribution in [0.3, 0.4) is 0 Å². The standard InChI is InChI=1S/C59H33N5/c60-33-44-58(63-46-26-13-24-41-39-29-31-61-34-45(39)42-25-14-27-47(63)54(42)53(41)46)51(36-17-6-2-7-18-36)50(35-15-4-1-5-16-35)52(37-19-8-3-9-20-37)59(44)64-48-28-12-23-40-38-21-10-11-22-43(38)57-56(55(40)48)49(64)30-32-62-57/h1-32,34H. The van der Waals surface area contributed by atoms with Crippen LogP contribution in [-0.2, 0) is 0 Å². The third-order valence-corrected chi connectivity index (χ3v) is 13.6. The molecule has 294 valence electrons. The van der Waals surface area contributed by atoms with Crippen molar-refractivity contribution in [3.05, 3.63) is 206 Å². The summed E-state index contributed by atoms with van der Waals surface area (Å²) in [6.07, 6.45) is 5.80. The van der Waals surface area contributed by atoms with Crippen molar-refractivity contribution in [3.8, 4) is 50.8 Å². The lowest BCUT2D eigenvalue weighted by Gasteiger charge is -2.27. The van der Waals surface area contributed by atoms with E-state index in [-0.39, 0.29) is 0 Å². The molecule has 0 atom stereocenters. The monoisotopic (exact) mass is 811 g/mol.